The van der Waals surface area contributed by atoms with E-state index in [1.807, 2.05) is 6.92 Å². The number of nitrogens with one attached hydrogen (secondary N) is 1. The van der Waals surface area contributed by atoms with Gasteiger partial charge < -0.3 is 14.9 Å². The molecule has 2 rings (SSSR count). The second-order valence-corrected chi connectivity index (χ2v) is 4.90. The zero-order valence-corrected chi connectivity index (χ0v) is 12.2. The van der Waals surface area contributed by atoms with Crippen LogP contribution in [-0.4, -0.2) is 22.7 Å². The Morgan fingerprint density at radius 3 is 2.95 bits per heavy atom. The molecule has 0 atom stereocenters. The molecule has 0 aliphatic carbocycles. The molecule has 2 N–H and O–H groups in total. The molecule has 0 fully saturated rings. The number of hydrogen-bond donors (Lipinski definition) is 2. The number of nitrogens with zero attached hydrogens (tertiary/aromatic N) is 1. The molecule has 2 aromatic rings. The van der Waals surface area contributed by atoms with Crippen LogP contribution in [0.2, 0.25) is 5.02 Å². The molecule has 5 nitrogen and oxygen atoms in total. The van der Waals surface area contributed by atoms with Crippen LogP contribution in [0.3, 0.4) is 0 Å². The Bertz CT molecular complexity index is 627. The number of aromatic hydroxyl groups is 1. The van der Waals surface area contributed by atoms with Gasteiger partial charge in [-0.2, -0.15) is 0 Å². The Hall–Kier alpha value is -1.53. The third kappa shape index (κ3) is 2.74. The van der Waals surface area contributed by atoms with Crippen LogP contribution in [0.1, 0.15) is 17.4 Å². The number of phenols is 1. The summed E-state index contributed by atoms with van der Waals surface area (Å²) in [7, 11) is 0. The van der Waals surface area contributed by atoms with Crippen LogP contribution in [0.15, 0.2) is 27.2 Å². The van der Waals surface area contributed by atoms with E-state index in [-0.39, 0.29) is 22.4 Å². The van der Waals surface area contributed by atoms with Gasteiger partial charge >= 0.3 is 0 Å². The maximum atomic E-state index is 11.7. The third-order valence-electron chi connectivity index (χ3n) is 2.40. The third-order valence-corrected chi connectivity index (χ3v) is 3.44. The van der Waals surface area contributed by atoms with Gasteiger partial charge in [0.25, 0.3) is 5.91 Å². The van der Waals surface area contributed by atoms with E-state index in [0.717, 1.165) is 0 Å². The second kappa shape index (κ2) is 5.63. The van der Waals surface area contributed by atoms with Crippen molar-refractivity contribution in [1.82, 2.24) is 10.5 Å². The second-order valence-electron chi connectivity index (χ2n) is 3.70. The predicted molar refractivity (Wildman–Crippen MR) is 74.3 cm³/mol. The van der Waals surface area contributed by atoms with Gasteiger partial charge in [-0.15, -0.1) is 0 Å². The Morgan fingerprint density at radius 1 is 1.58 bits per heavy atom. The maximum Gasteiger partial charge on any atom is 0.274 e. The summed E-state index contributed by atoms with van der Waals surface area (Å²) in [5, 5.41) is 15.9. The van der Waals surface area contributed by atoms with Crippen molar-refractivity contribution >= 4 is 33.4 Å². The number of carbonyl (C=O) groups excluding carboxylic acids is 1. The molecule has 0 saturated heterocycles. The van der Waals surface area contributed by atoms with Crippen LogP contribution < -0.4 is 5.32 Å². The van der Waals surface area contributed by atoms with Gasteiger partial charge in [-0.05, 0) is 41.1 Å². The topological polar surface area (TPSA) is 75.4 Å². The highest BCUT2D eigenvalue weighted by Crippen LogP contribution is 2.34. The average molecular weight is 346 g/mol. The van der Waals surface area contributed by atoms with Gasteiger partial charge in [-0.25, -0.2) is 0 Å². The van der Waals surface area contributed by atoms with Crippen molar-refractivity contribution in [2.75, 3.05) is 6.54 Å². The van der Waals surface area contributed by atoms with E-state index in [9.17, 15) is 9.90 Å². The van der Waals surface area contributed by atoms with E-state index in [1.165, 1.54) is 12.1 Å². The van der Waals surface area contributed by atoms with Crippen molar-refractivity contribution in [3.8, 4) is 17.1 Å². The van der Waals surface area contributed by atoms with Crippen molar-refractivity contribution in [3.63, 3.8) is 0 Å². The maximum absolute atomic E-state index is 11.7. The minimum absolute atomic E-state index is 0.0231. The monoisotopic (exact) mass is 344 g/mol. The molecule has 19 heavy (non-hydrogen) atoms. The summed E-state index contributed by atoms with van der Waals surface area (Å²) in [6, 6.07) is 4.59. The number of benzene rings is 1. The zero-order chi connectivity index (χ0) is 14.0. The summed E-state index contributed by atoms with van der Waals surface area (Å²) in [6.07, 6.45) is 0. The zero-order valence-electron chi connectivity index (χ0n) is 9.91. The van der Waals surface area contributed by atoms with Gasteiger partial charge in [0.15, 0.2) is 11.5 Å². The fourth-order valence-corrected chi connectivity index (χ4v) is 2.23. The van der Waals surface area contributed by atoms with Crippen LogP contribution in [-0.2, 0) is 0 Å². The molecule has 0 aliphatic heterocycles. The Labute approximate surface area is 122 Å². The van der Waals surface area contributed by atoms with Crippen molar-refractivity contribution in [2.24, 2.45) is 0 Å². The lowest BCUT2D eigenvalue weighted by Gasteiger charge is -2.00. The highest BCUT2D eigenvalue weighted by atomic mass is 79.9. The molecule has 0 spiro atoms. The number of carbonyl (C=O) groups is 1. The lowest BCUT2D eigenvalue weighted by Crippen LogP contribution is -2.23. The predicted octanol–water partition coefficient (Wildman–Crippen LogP) is 3.21. The fraction of sp³-hybridized carbons (Fsp3) is 0.167. The summed E-state index contributed by atoms with van der Waals surface area (Å²) in [6.45, 7) is 2.31. The fourth-order valence-electron chi connectivity index (χ4n) is 1.49. The molecule has 1 aromatic carbocycles. The SMILES string of the molecule is CCNC(=O)c1noc(-c2ccc(O)c(Cl)c2)c1Br. The Kier molecular flexibility index (Phi) is 4.11. The lowest BCUT2D eigenvalue weighted by atomic mass is 10.1. The number of aromatic nitrogens is 1. The van der Waals surface area contributed by atoms with Crippen LogP contribution in [0.25, 0.3) is 11.3 Å². The van der Waals surface area contributed by atoms with Gasteiger partial charge in [-0.1, -0.05) is 16.8 Å². The summed E-state index contributed by atoms with van der Waals surface area (Å²) in [5.74, 6) is 0.0300. The van der Waals surface area contributed by atoms with Crippen LogP contribution in [0.5, 0.6) is 5.75 Å². The molecule has 0 aliphatic rings. The first kappa shape index (κ1) is 13.9. The van der Waals surface area contributed by atoms with Crippen LogP contribution >= 0.6 is 27.5 Å². The summed E-state index contributed by atoms with van der Waals surface area (Å²) in [5.41, 5.74) is 0.777. The van der Waals surface area contributed by atoms with Gasteiger partial charge in [-0.3, -0.25) is 4.79 Å². The molecule has 7 heteroatoms. The molecule has 0 radical (unpaired) electrons. The Balaban J connectivity index is 2.41. The minimum Gasteiger partial charge on any atom is -0.506 e. The van der Waals surface area contributed by atoms with Crippen LogP contribution in [0, 0.1) is 0 Å². The average Bonchev–Trinajstić information content (AvgIpc) is 2.75. The molecule has 0 bridgehead atoms. The van der Waals surface area contributed by atoms with Gasteiger partial charge in [0.05, 0.1) is 9.50 Å². The van der Waals surface area contributed by atoms with Crippen molar-refractivity contribution < 1.29 is 14.4 Å². The molecule has 1 heterocycles. The van der Waals surface area contributed by atoms with E-state index in [4.69, 9.17) is 16.1 Å². The number of phenolic OH excluding ortho intramolecular Hbond substituents is 1. The van der Waals surface area contributed by atoms with E-state index >= 15 is 0 Å². The minimum atomic E-state index is -0.325. The number of halogens is 2. The van der Waals surface area contributed by atoms with E-state index in [2.05, 4.69) is 26.4 Å². The van der Waals surface area contributed by atoms with E-state index in [0.29, 0.717) is 22.3 Å². The molecular formula is C12H10BrClN2O3. The highest BCUT2D eigenvalue weighted by molar-refractivity contribution is 9.10. The van der Waals surface area contributed by atoms with Crippen molar-refractivity contribution in [1.29, 1.82) is 0 Å². The van der Waals surface area contributed by atoms with Crippen molar-refractivity contribution in [3.05, 3.63) is 33.4 Å². The first-order valence-electron chi connectivity index (χ1n) is 5.46. The van der Waals surface area contributed by atoms with E-state index in [1.54, 1.807) is 6.07 Å². The van der Waals surface area contributed by atoms with Crippen LogP contribution in [0.4, 0.5) is 0 Å². The molecule has 100 valence electrons. The summed E-state index contributed by atoms with van der Waals surface area (Å²) in [4.78, 5) is 11.7. The number of amides is 1. The van der Waals surface area contributed by atoms with Gasteiger partial charge in [0.1, 0.15) is 5.75 Å². The number of rotatable bonds is 3. The van der Waals surface area contributed by atoms with Crippen molar-refractivity contribution in [2.45, 2.75) is 6.92 Å². The lowest BCUT2D eigenvalue weighted by molar-refractivity contribution is 0.0946. The largest absolute Gasteiger partial charge is 0.506 e. The molecule has 0 saturated carbocycles. The van der Waals surface area contributed by atoms with E-state index < -0.39 is 0 Å². The number of hydrogen-bond acceptors (Lipinski definition) is 4. The highest BCUT2D eigenvalue weighted by Gasteiger charge is 2.21. The first-order valence-corrected chi connectivity index (χ1v) is 6.64. The van der Waals surface area contributed by atoms with Gasteiger partial charge in [0.2, 0.25) is 0 Å². The standard InChI is InChI=1S/C12H10BrClN2O3/c1-2-15-12(18)10-9(13)11(19-16-10)6-3-4-8(17)7(14)5-6/h3-5,17H,2H2,1H3,(H,15,18). The molecular weight excluding hydrogens is 335 g/mol. The summed E-state index contributed by atoms with van der Waals surface area (Å²) >= 11 is 9.11. The molecule has 0 unspecified atom stereocenters. The molecule has 1 aromatic heterocycles. The van der Waals surface area contributed by atoms with Gasteiger partial charge in [0, 0.05) is 12.1 Å². The smallest absolute Gasteiger partial charge is 0.274 e. The summed E-state index contributed by atoms with van der Waals surface area (Å²) < 4.78 is 5.59. The first-order chi connectivity index (χ1) is 9.04. The quantitative estimate of drug-likeness (QED) is 0.895. The molecule has 1 amide bonds. The normalized spacial score (nSPS) is 10.5. The Morgan fingerprint density at radius 2 is 2.32 bits per heavy atom.